The molecule has 0 saturated heterocycles. The molecule has 3 aromatic rings. The van der Waals surface area contributed by atoms with Crippen LogP contribution < -0.4 is 14.8 Å². The number of carbonyl (C=O) groups is 1. The Kier molecular flexibility index (Phi) is 5.00. The Morgan fingerprint density at radius 1 is 1.04 bits per heavy atom. The van der Waals surface area contributed by atoms with Gasteiger partial charge in [-0.05, 0) is 78.1 Å². The third-order valence-corrected chi connectivity index (χ3v) is 5.80. The van der Waals surface area contributed by atoms with Crippen LogP contribution in [0.5, 0.6) is 11.5 Å². The van der Waals surface area contributed by atoms with Gasteiger partial charge in [0.2, 0.25) is 0 Å². The molecule has 0 atom stereocenters. The van der Waals surface area contributed by atoms with Gasteiger partial charge < -0.3 is 14.8 Å². The second-order valence-corrected chi connectivity index (χ2v) is 7.40. The van der Waals surface area contributed by atoms with Crippen molar-refractivity contribution in [2.24, 2.45) is 0 Å². The summed E-state index contributed by atoms with van der Waals surface area (Å²) >= 11 is 1.45. The highest BCUT2D eigenvalue weighted by molar-refractivity contribution is 7.17. The fourth-order valence-electron chi connectivity index (χ4n) is 3.26. The predicted octanol–water partition coefficient (Wildman–Crippen LogP) is 5.38. The number of halogens is 2. The van der Waals surface area contributed by atoms with Gasteiger partial charge in [-0.2, -0.15) is 8.78 Å². The molecular formula is C21H17F2NO3S. The minimum absolute atomic E-state index is 0.0478. The topological polar surface area (TPSA) is 47.6 Å². The molecule has 0 aliphatic heterocycles. The van der Waals surface area contributed by atoms with Crippen LogP contribution in [0.3, 0.4) is 0 Å². The maximum Gasteiger partial charge on any atom is 0.387 e. The van der Waals surface area contributed by atoms with Gasteiger partial charge in [0.15, 0.2) is 0 Å². The summed E-state index contributed by atoms with van der Waals surface area (Å²) in [4.78, 5) is 14.4. The number of hydrogen-bond donors (Lipinski definition) is 1. The first kappa shape index (κ1) is 18.4. The Hall–Kier alpha value is -2.93. The number of thiophene rings is 1. The number of rotatable bonds is 5. The lowest BCUT2D eigenvalue weighted by atomic mass is 9.91. The second-order valence-electron chi connectivity index (χ2n) is 6.35. The Labute approximate surface area is 164 Å². The van der Waals surface area contributed by atoms with Crippen LogP contribution in [0.25, 0.3) is 10.4 Å². The van der Waals surface area contributed by atoms with Crippen molar-refractivity contribution in [3.63, 3.8) is 0 Å². The molecule has 1 aromatic heterocycles. The number of fused-ring (bicyclic) bond motifs is 3. The number of anilines is 1. The van der Waals surface area contributed by atoms with Crippen LogP contribution in [0.2, 0.25) is 0 Å². The standard InChI is InChI=1S/C21H17F2NO3S/c1-26-16-8-9-17-12(10-16)2-3-13-11-18(28-19(13)17)20(25)24-14-4-6-15(7-5-14)27-21(22)23/h4-11,21H,2-3H2,1H3,(H,24,25). The molecule has 2 aromatic carbocycles. The van der Waals surface area contributed by atoms with Gasteiger partial charge in [-0.15, -0.1) is 11.3 Å². The summed E-state index contributed by atoms with van der Waals surface area (Å²) in [7, 11) is 1.65. The molecule has 0 radical (unpaired) electrons. The normalized spacial score (nSPS) is 12.3. The van der Waals surface area contributed by atoms with Crippen LogP contribution in [0.15, 0.2) is 48.5 Å². The predicted molar refractivity (Wildman–Crippen MR) is 105 cm³/mol. The number of hydrogen-bond acceptors (Lipinski definition) is 4. The molecule has 0 bridgehead atoms. The first-order valence-corrected chi connectivity index (χ1v) is 9.51. The summed E-state index contributed by atoms with van der Waals surface area (Å²) in [6.07, 6.45) is 1.78. The fraction of sp³-hybridized carbons (Fsp3) is 0.190. The lowest BCUT2D eigenvalue weighted by Gasteiger charge is -2.16. The third-order valence-electron chi connectivity index (χ3n) is 4.59. The van der Waals surface area contributed by atoms with Crippen LogP contribution >= 0.6 is 11.3 Å². The summed E-state index contributed by atoms with van der Waals surface area (Å²) in [6, 6.07) is 13.8. The monoisotopic (exact) mass is 401 g/mol. The Morgan fingerprint density at radius 2 is 1.75 bits per heavy atom. The maximum absolute atomic E-state index is 12.6. The Morgan fingerprint density at radius 3 is 2.46 bits per heavy atom. The van der Waals surface area contributed by atoms with Crippen molar-refractivity contribution in [3.8, 4) is 21.9 Å². The van der Waals surface area contributed by atoms with Crippen LogP contribution in [0.1, 0.15) is 20.8 Å². The van der Waals surface area contributed by atoms with Crippen molar-refractivity contribution in [3.05, 3.63) is 64.5 Å². The number of benzene rings is 2. The van der Waals surface area contributed by atoms with E-state index in [-0.39, 0.29) is 11.7 Å². The summed E-state index contributed by atoms with van der Waals surface area (Å²) in [6.45, 7) is -2.87. The largest absolute Gasteiger partial charge is 0.497 e. The van der Waals surface area contributed by atoms with Crippen molar-refractivity contribution in [2.45, 2.75) is 19.5 Å². The van der Waals surface area contributed by atoms with Gasteiger partial charge in [-0.1, -0.05) is 0 Å². The van der Waals surface area contributed by atoms with E-state index in [0.717, 1.165) is 34.6 Å². The zero-order valence-electron chi connectivity index (χ0n) is 15.0. The number of nitrogens with one attached hydrogen (secondary N) is 1. The van der Waals surface area contributed by atoms with Crippen LogP contribution in [0, 0.1) is 0 Å². The summed E-state index contributed by atoms with van der Waals surface area (Å²) < 4.78 is 34.0. The Balaban J connectivity index is 1.53. The van der Waals surface area contributed by atoms with E-state index in [2.05, 4.69) is 10.1 Å². The van der Waals surface area contributed by atoms with E-state index in [1.807, 2.05) is 24.3 Å². The van der Waals surface area contributed by atoms with Gasteiger partial charge in [0.1, 0.15) is 11.5 Å². The molecule has 1 heterocycles. The zero-order valence-corrected chi connectivity index (χ0v) is 15.8. The van der Waals surface area contributed by atoms with Gasteiger partial charge in [0.05, 0.1) is 12.0 Å². The van der Waals surface area contributed by atoms with Crippen LogP contribution in [-0.4, -0.2) is 19.6 Å². The maximum atomic E-state index is 12.6. The number of aryl methyl sites for hydroxylation is 2. The average molecular weight is 401 g/mol. The molecular weight excluding hydrogens is 384 g/mol. The molecule has 1 aliphatic rings. The highest BCUT2D eigenvalue weighted by Gasteiger charge is 2.22. The molecule has 7 heteroatoms. The quantitative estimate of drug-likeness (QED) is 0.625. The van der Waals surface area contributed by atoms with Crippen molar-refractivity contribution >= 4 is 22.9 Å². The highest BCUT2D eigenvalue weighted by Crippen LogP contribution is 2.41. The van der Waals surface area contributed by atoms with Crippen molar-refractivity contribution in [1.82, 2.24) is 0 Å². The molecule has 1 amide bonds. The van der Waals surface area contributed by atoms with Gasteiger partial charge >= 0.3 is 6.61 Å². The minimum Gasteiger partial charge on any atom is -0.497 e. The molecule has 4 nitrogen and oxygen atoms in total. The summed E-state index contributed by atoms with van der Waals surface area (Å²) in [5.74, 6) is 0.652. The molecule has 1 N–H and O–H groups in total. The van der Waals surface area contributed by atoms with Gasteiger partial charge in [0.25, 0.3) is 5.91 Å². The van der Waals surface area contributed by atoms with Gasteiger partial charge in [-0.3, -0.25) is 4.79 Å². The van der Waals surface area contributed by atoms with E-state index in [9.17, 15) is 13.6 Å². The van der Waals surface area contributed by atoms with E-state index >= 15 is 0 Å². The lowest BCUT2D eigenvalue weighted by molar-refractivity contribution is -0.0498. The SMILES string of the molecule is COc1ccc2c(c1)CCc1cc(C(=O)Nc3ccc(OC(F)F)cc3)sc1-2. The van der Waals surface area contributed by atoms with Crippen LogP contribution in [-0.2, 0) is 12.8 Å². The van der Waals surface area contributed by atoms with Crippen molar-refractivity contribution < 1.29 is 23.0 Å². The average Bonchev–Trinajstić information content (AvgIpc) is 3.13. The molecule has 4 rings (SSSR count). The number of methoxy groups -OCH3 is 1. The molecule has 1 aliphatic carbocycles. The summed E-state index contributed by atoms with van der Waals surface area (Å²) in [5.41, 5.74) is 4.03. The lowest BCUT2D eigenvalue weighted by Crippen LogP contribution is -2.10. The summed E-state index contributed by atoms with van der Waals surface area (Å²) in [5, 5.41) is 2.80. The highest BCUT2D eigenvalue weighted by atomic mass is 32.1. The van der Waals surface area contributed by atoms with E-state index in [1.54, 1.807) is 7.11 Å². The van der Waals surface area contributed by atoms with E-state index in [1.165, 1.54) is 41.2 Å². The molecule has 28 heavy (non-hydrogen) atoms. The van der Waals surface area contributed by atoms with Gasteiger partial charge in [-0.25, -0.2) is 0 Å². The molecule has 0 saturated carbocycles. The van der Waals surface area contributed by atoms with Crippen molar-refractivity contribution in [2.75, 3.05) is 12.4 Å². The molecule has 0 spiro atoms. The first-order chi connectivity index (χ1) is 13.5. The number of amides is 1. The van der Waals surface area contributed by atoms with E-state index in [4.69, 9.17) is 4.74 Å². The third kappa shape index (κ3) is 3.71. The van der Waals surface area contributed by atoms with Gasteiger partial charge in [0, 0.05) is 10.6 Å². The smallest absolute Gasteiger partial charge is 0.387 e. The second kappa shape index (κ2) is 7.59. The number of alkyl halides is 2. The fourth-order valence-corrected chi connectivity index (χ4v) is 4.43. The van der Waals surface area contributed by atoms with Crippen LogP contribution in [0.4, 0.5) is 14.5 Å². The zero-order chi connectivity index (χ0) is 19.7. The first-order valence-electron chi connectivity index (χ1n) is 8.69. The number of ether oxygens (including phenoxy) is 2. The number of carbonyl (C=O) groups excluding carboxylic acids is 1. The molecule has 144 valence electrons. The minimum atomic E-state index is -2.87. The van der Waals surface area contributed by atoms with Crippen molar-refractivity contribution in [1.29, 1.82) is 0 Å². The molecule has 0 fully saturated rings. The van der Waals surface area contributed by atoms with E-state index in [0.29, 0.717) is 10.6 Å². The van der Waals surface area contributed by atoms with E-state index < -0.39 is 6.61 Å². The molecule has 0 unspecified atom stereocenters. The Bertz CT molecular complexity index is 1010.